The zero-order valence-electron chi connectivity index (χ0n) is 4.77. The van der Waals surface area contributed by atoms with Crippen LogP contribution in [0.4, 0.5) is 0 Å². The van der Waals surface area contributed by atoms with Crippen LogP contribution in [0.3, 0.4) is 0 Å². The maximum Gasteiger partial charge on any atom is 0.197 e. The minimum Gasteiger partial charge on any atom is -0.214 e. The lowest BCUT2D eigenvalue weighted by Crippen LogP contribution is -1.47. The maximum absolute atomic E-state index is 7.01. The quantitative estimate of drug-likeness (QED) is 0.405. The Bertz CT molecular complexity index is 141. The van der Waals surface area contributed by atoms with Crippen molar-refractivity contribution in [2.24, 2.45) is 0 Å². The Hall–Kier alpha value is -1.14. The molecule has 0 aliphatic heterocycles. The van der Waals surface area contributed by atoms with Gasteiger partial charge >= 0.3 is 0 Å². The van der Waals surface area contributed by atoms with Crippen LogP contribution in [0, 0.1) is 5.39 Å². The summed E-state index contributed by atoms with van der Waals surface area (Å²) >= 11 is 3.57. The highest BCUT2D eigenvalue weighted by atomic mass is 32.1. The maximum atomic E-state index is 7.01. The molecule has 1 rings (SSSR count). The van der Waals surface area contributed by atoms with E-state index in [0.29, 0.717) is 0 Å². The fraction of sp³-hybridized carbons (Fsp3) is 0. The number of hydrogen-bond acceptors (Lipinski definition) is 2. The van der Waals surface area contributed by atoms with Crippen LogP contribution in [-0.4, -0.2) is 0 Å². The highest BCUT2D eigenvalue weighted by Gasteiger charge is 1.57. The highest BCUT2D eigenvalue weighted by Crippen LogP contribution is 1.79. The van der Waals surface area contributed by atoms with E-state index >= 15 is 0 Å². The lowest BCUT2D eigenvalue weighted by Gasteiger charge is -1.69. The molecule has 0 atom stereocenters. The van der Waals surface area contributed by atoms with E-state index in [4.69, 9.17) is 5.39 Å². The topological polar surface area (TPSA) is 28.1 Å². The lowest BCUT2D eigenvalue weighted by molar-refractivity contribution is 1.52. The fourth-order valence-electron chi connectivity index (χ4n) is 0.385. The molecule has 0 saturated heterocycles. The molecule has 0 unspecified atom stereocenters. The summed E-state index contributed by atoms with van der Waals surface area (Å²) in [5, 5.41) is 7.01. The first-order valence-corrected chi connectivity index (χ1v) is 2.75. The second-order valence-electron chi connectivity index (χ2n) is 1.24. The van der Waals surface area contributed by atoms with Crippen LogP contribution in [-0.2, 0) is 12.8 Å². The normalized spacial score (nSPS) is 6.11. The Morgan fingerprint density at radius 3 is 1.11 bits per heavy atom. The van der Waals surface area contributed by atoms with Crippen LogP contribution in [0.25, 0.3) is 4.38 Å². The highest BCUT2D eigenvalue weighted by molar-refractivity contribution is 7.60. The third-order valence-corrected chi connectivity index (χ3v) is 0.667. The molecule has 0 heterocycles. The zero-order chi connectivity index (χ0) is 6.95. The number of rotatable bonds is 0. The van der Waals surface area contributed by atoms with Crippen LogP contribution in [0.5, 0.6) is 0 Å². The summed E-state index contributed by atoms with van der Waals surface area (Å²) in [6.45, 7) is 0. The molecule has 0 aliphatic carbocycles. The second-order valence-corrected chi connectivity index (χ2v) is 1.40. The van der Waals surface area contributed by atoms with Crippen molar-refractivity contribution in [3.8, 4) is 0 Å². The smallest absolute Gasteiger partial charge is 0.197 e. The van der Waals surface area contributed by atoms with Crippen LogP contribution in [0.1, 0.15) is 0 Å². The van der Waals surface area contributed by atoms with Gasteiger partial charge in [-0.3, -0.25) is 0 Å². The average Bonchev–Trinajstić information content (AvgIpc) is 1.93. The van der Waals surface area contributed by atoms with Gasteiger partial charge in [-0.1, -0.05) is 36.4 Å². The third-order valence-electron chi connectivity index (χ3n) is 0.667. The molecule has 46 valence electrons. The molecule has 0 spiro atoms. The third kappa shape index (κ3) is 6.86. The number of hydrogen-bond donors (Lipinski definition) is 0. The first-order chi connectivity index (χ1) is 4.41. The molecule has 9 heavy (non-hydrogen) atoms. The van der Waals surface area contributed by atoms with Crippen LogP contribution < -0.4 is 0 Å². The van der Waals surface area contributed by atoms with Gasteiger partial charge in [0.1, 0.15) is 0 Å². The van der Waals surface area contributed by atoms with Gasteiger partial charge in [0.2, 0.25) is 0 Å². The molecule has 0 saturated carbocycles. The van der Waals surface area contributed by atoms with E-state index in [1.807, 2.05) is 36.4 Å². The Kier molecular flexibility index (Phi) is 5.99. The molecule has 0 N–H and O–H groups in total. The molecule has 0 radical (unpaired) electrons. The van der Waals surface area contributed by atoms with Gasteiger partial charge in [-0.25, -0.2) is 12.8 Å². The van der Waals surface area contributed by atoms with Gasteiger partial charge in [0.05, 0.1) is 0 Å². The first kappa shape index (κ1) is 7.86. The molecule has 0 fully saturated rings. The molecular formula is C6H6N2S. The SMILES string of the molecule is N#[N+][S-].c1ccccc1. The standard InChI is InChI=1S/C6H6.N2S/c1-2-4-6-5-3-1;1-2-3/h1-6H;. The molecule has 0 bridgehead atoms. The summed E-state index contributed by atoms with van der Waals surface area (Å²) < 4.78 is 2.08. The Labute approximate surface area is 59.7 Å². The number of diazo groups is 1. The predicted molar refractivity (Wildman–Crippen MR) is 38.9 cm³/mol. The van der Waals surface area contributed by atoms with E-state index in [0.717, 1.165) is 0 Å². The number of benzene rings is 1. The van der Waals surface area contributed by atoms with Gasteiger partial charge < -0.3 is 0 Å². The summed E-state index contributed by atoms with van der Waals surface area (Å²) in [4.78, 5) is 0. The average molecular weight is 138 g/mol. The van der Waals surface area contributed by atoms with Gasteiger partial charge in [0, 0.05) is 4.38 Å². The van der Waals surface area contributed by atoms with E-state index in [-0.39, 0.29) is 0 Å². The van der Waals surface area contributed by atoms with Crippen LogP contribution in [0.15, 0.2) is 36.4 Å². The molecule has 0 aromatic heterocycles. The van der Waals surface area contributed by atoms with Gasteiger partial charge in [0.25, 0.3) is 0 Å². The summed E-state index contributed by atoms with van der Waals surface area (Å²) in [6.07, 6.45) is 0. The van der Waals surface area contributed by atoms with Gasteiger partial charge in [-0.2, -0.15) is 0 Å². The Morgan fingerprint density at radius 1 is 0.889 bits per heavy atom. The zero-order valence-corrected chi connectivity index (χ0v) is 5.58. The van der Waals surface area contributed by atoms with Crippen molar-refractivity contribution in [3.05, 3.63) is 40.8 Å². The van der Waals surface area contributed by atoms with Gasteiger partial charge in [-0.05, 0) is 0 Å². The van der Waals surface area contributed by atoms with Gasteiger partial charge in [0.15, 0.2) is 5.39 Å². The van der Waals surface area contributed by atoms with Crippen molar-refractivity contribution < 1.29 is 0 Å². The minimum absolute atomic E-state index is 2.00. The van der Waals surface area contributed by atoms with Crippen molar-refractivity contribution in [2.45, 2.75) is 0 Å². The molecule has 0 aliphatic rings. The summed E-state index contributed by atoms with van der Waals surface area (Å²) in [5.74, 6) is 0. The largest absolute Gasteiger partial charge is 0.214 e. The summed E-state index contributed by atoms with van der Waals surface area (Å²) in [5.41, 5.74) is 0. The summed E-state index contributed by atoms with van der Waals surface area (Å²) in [6, 6.07) is 12.0. The van der Waals surface area contributed by atoms with Crippen molar-refractivity contribution in [2.75, 3.05) is 0 Å². The molecular weight excluding hydrogens is 132 g/mol. The van der Waals surface area contributed by atoms with E-state index in [9.17, 15) is 0 Å². The molecule has 2 nitrogen and oxygen atoms in total. The van der Waals surface area contributed by atoms with Crippen molar-refractivity contribution in [3.63, 3.8) is 0 Å². The van der Waals surface area contributed by atoms with E-state index in [1.165, 1.54) is 0 Å². The Morgan fingerprint density at radius 2 is 1.00 bits per heavy atom. The molecule has 1 aromatic carbocycles. The van der Waals surface area contributed by atoms with Crippen molar-refractivity contribution in [1.82, 2.24) is 0 Å². The first-order valence-electron chi connectivity index (χ1n) is 2.38. The van der Waals surface area contributed by atoms with E-state index in [1.54, 1.807) is 0 Å². The second kappa shape index (κ2) is 6.86. The van der Waals surface area contributed by atoms with Crippen molar-refractivity contribution in [1.29, 1.82) is 5.39 Å². The van der Waals surface area contributed by atoms with Crippen molar-refractivity contribution >= 4 is 12.8 Å². The summed E-state index contributed by atoms with van der Waals surface area (Å²) in [7, 11) is 0. The van der Waals surface area contributed by atoms with Crippen LogP contribution in [0.2, 0.25) is 0 Å². The predicted octanol–water partition coefficient (Wildman–Crippen LogP) is 1.99. The molecule has 0 amide bonds. The van der Waals surface area contributed by atoms with E-state index < -0.39 is 0 Å². The van der Waals surface area contributed by atoms with Gasteiger partial charge in [-0.15, -0.1) is 0 Å². The minimum atomic E-state index is 2.00. The van der Waals surface area contributed by atoms with E-state index in [2.05, 4.69) is 17.2 Å². The number of nitrogens with zero attached hydrogens (tertiary/aromatic N) is 2. The Balaban J connectivity index is 0.000000187. The fourth-order valence-corrected chi connectivity index (χ4v) is 0.385. The molecule has 1 aromatic rings. The molecule has 3 heteroatoms. The van der Waals surface area contributed by atoms with Crippen LogP contribution >= 0.6 is 0 Å². The monoisotopic (exact) mass is 138 g/mol. The lowest BCUT2D eigenvalue weighted by atomic mass is 10.4.